The summed E-state index contributed by atoms with van der Waals surface area (Å²) in [6, 6.07) is 18.2. The van der Waals surface area contributed by atoms with E-state index in [4.69, 9.17) is 9.47 Å². The third kappa shape index (κ3) is 9.53. The molecular formula is C34H42N4O8S. The van der Waals surface area contributed by atoms with Crippen molar-refractivity contribution in [2.45, 2.75) is 44.9 Å². The number of esters is 2. The zero-order chi connectivity index (χ0) is 34.0. The highest BCUT2D eigenvalue weighted by atomic mass is 32.2. The summed E-state index contributed by atoms with van der Waals surface area (Å²) in [7, 11) is -1.01. The van der Waals surface area contributed by atoms with Gasteiger partial charge in [-0.05, 0) is 73.7 Å². The molecule has 0 saturated carbocycles. The molecule has 252 valence electrons. The van der Waals surface area contributed by atoms with E-state index in [1.807, 2.05) is 37.3 Å². The maximum Gasteiger partial charge on any atom is 0.337 e. The number of carbonyl (C=O) groups is 3. The van der Waals surface area contributed by atoms with Crippen molar-refractivity contribution in [3.8, 4) is 0 Å². The SMILES string of the molecule is CCNc1cc(C(=O)N[C@@H](Cc2ccccc2)[C@H](O)CNCc2cc(C(=O)OC)cc(C(=O)OC)c2)cc(N2CCCCS2(=O)=O)c1. The van der Waals surface area contributed by atoms with Crippen LogP contribution in [-0.2, 0) is 32.5 Å². The number of hydrogen-bond donors (Lipinski definition) is 4. The molecule has 1 aliphatic heterocycles. The summed E-state index contributed by atoms with van der Waals surface area (Å²) < 4.78 is 36.7. The number of hydrogen-bond acceptors (Lipinski definition) is 10. The molecule has 3 aromatic carbocycles. The molecule has 0 aromatic heterocycles. The number of nitrogens with one attached hydrogen (secondary N) is 3. The lowest BCUT2D eigenvalue weighted by molar-refractivity contribution is 0.0598. The summed E-state index contributed by atoms with van der Waals surface area (Å²) in [4.78, 5) is 38.1. The van der Waals surface area contributed by atoms with Crippen LogP contribution < -0.4 is 20.3 Å². The average molecular weight is 667 g/mol. The lowest BCUT2D eigenvalue weighted by Crippen LogP contribution is -2.48. The van der Waals surface area contributed by atoms with Crippen LogP contribution >= 0.6 is 0 Å². The van der Waals surface area contributed by atoms with Crippen LogP contribution in [0.25, 0.3) is 0 Å². The zero-order valence-corrected chi connectivity index (χ0v) is 27.6. The van der Waals surface area contributed by atoms with E-state index in [0.29, 0.717) is 42.9 Å². The molecule has 12 nitrogen and oxygen atoms in total. The van der Waals surface area contributed by atoms with Crippen molar-refractivity contribution in [3.63, 3.8) is 0 Å². The molecular weight excluding hydrogens is 624 g/mol. The van der Waals surface area contributed by atoms with Gasteiger partial charge in [0.1, 0.15) is 0 Å². The van der Waals surface area contributed by atoms with Gasteiger partial charge in [-0.25, -0.2) is 18.0 Å². The van der Waals surface area contributed by atoms with Gasteiger partial charge in [-0.2, -0.15) is 0 Å². The molecule has 1 heterocycles. The van der Waals surface area contributed by atoms with E-state index in [-0.39, 0.29) is 35.5 Å². The summed E-state index contributed by atoms with van der Waals surface area (Å²) in [6.45, 7) is 3.07. The first-order chi connectivity index (χ1) is 22.5. The molecule has 0 aliphatic carbocycles. The molecule has 1 saturated heterocycles. The predicted molar refractivity (Wildman–Crippen MR) is 179 cm³/mol. The van der Waals surface area contributed by atoms with Gasteiger partial charge in [0.15, 0.2) is 0 Å². The minimum absolute atomic E-state index is 0.0509. The summed E-state index contributed by atoms with van der Waals surface area (Å²) in [5, 5.41) is 20.6. The Labute approximate surface area is 275 Å². The number of ether oxygens (including phenoxy) is 2. The predicted octanol–water partition coefficient (Wildman–Crippen LogP) is 3.11. The third-order valence-corrected chi connectivity index (χ3v) is 9.66. The minimum Gasteiger partial charge on any atom is -0.465 e. The van der Waals surface area contributed by atoms with Crippen LogP contribution in [0.3, 0.4) is 0 Å². The lowest BCUT2D eigenvalue weighted by Gasteiger charge is -2.29. The van der Waals surface area contributed by atoms with Crippen LogP contribution in [0.4, 0.5) is 11.4 Å². The van der Waals surface area contributed by atoms with Crippen molar-refractivity contribution < 1.29 is 37.4 Å². The molecule has 3 aromatic rings. The quantitative estimate of drug-likeness (QED) is 0.188. The smallest absolute Gasteiger partial charge is 0.337 e. The Morgan fingerprint density at radius 2 is 1.57 bits per heavy atom. The molecule has 1 aliphatic rings. The van der Waals surface area contributed by atoms with Gasteiger partial charge < -0.3 is 30.5 Å². The molecule has 13 heteroatoms. The number of carbonyl (C=O) groups excluding carboxylic acids is 3. The third-order valence-electron chi connectivity index (χ3n) is 7.80. The van der Waals surface area contributed by atoms with Gasteiger partial charge in [-0.3, -0.25) is 9.10 Å². The largest absolute Gasteiger partial charge is 0.465 e. The van der Waals surface area contributed by atoms with Gasteiger partial charge in [0.05, 0.1) is 48.9 Å². The Kier molecular flexibility index (Phi) is 12.3. The van der Waals surface area contributed by atoms with E-state index in [2.05, 4.69) is 16.0 Å². The number of aliphatic hydroxyl groups is 1. The van der Waals surface area contributed by atoms with E-state index in [0.717, 1.165) is 12.0 Å². The van der Waals surface area contributed by atoms with Crippen molar-refractivity contribution in [2.24, 2.45) is 0 Å². The standard InChI is InChI=1S/C34H42N4O8S/c1-4-36-28-18-25(19-29(20-28)38-12-8-9-13-47(38,43)44)32(40)37-30(16-23-10-6-5-7-11-23)31(39)22-35-21-24-14-26(33(41)45-2)17-27(15-24)34(42)46-3/h5-7,10-11,14-15,17-20,30-31,35-36,39H,4,8-9,12-13,16,21-22H2,1-3H3,(H,37,40)/t30-,31+/m0/s1. The molecule has 1 fully saturated rings. The Hall–Kier alpha value is -4.46. The van der Waals surface area contributed by atoms with E-state index in [1.165, 1.54) is 24.6 Å². The van der Waals surface area contributed by atoms with Gasteiger partial charge in [-0.1, -0.05) is 30.3 Å². The molecule has 0 radical (unpaired) electrons. The molecule has 47 heavy (non-hydrogen) atoms. The van der Waals surface area contributed by atoms with E-state index >= 15 is 0 Å². The maximum atomic E-state index is 13.7. The molecule has 0 spiro atoms. The first kappa shape index (κ1) is 35.4. The second kappa shape index (κ2) is 16.4. The van der Waals surface area contributed by atoms with Gasteiger partial charge in [0.2, 0.25) is 10.0 Å². The Balaban J connectivity index is 1.54. The van der Waals surface area contributed by atoms with Crippen molar-refractivity contribution in [1.82, 2.24) is 10.6 Å². The summed E-state index contributed by atoms with van der Waals surface area (Å²) in [6.07, 6.45) is 0.582. The topological polar surface area (TPSA) is 163 Å². The highest BCUT2D eigenvalue weighted by Crippen LogP contribution is 2.28. The average Bonchev–Trinajstić information content (AvgIpc) is 3.07. The van der Waals surface area contributed by atoms with Crippen molar-refractivity contribution in [3.05, 3.63) is 94.5 Å². The van der Waals surface area contributed by atoms with Crippen molar-refractivity contribution in [2.75, 3.05) is 49.2 Å². The second-order valence-corrected chi connectivity index (χ2v) is 13.3. The fourth-order valence-electron chi connectivity index (χ4n) is 5.45. The number of benzene rings is 3. The summed E-state index contributed by atoms with van der Waals surface area (Å²) in [5.41, 5.74) is 3.12. The highest BCUT2D eigenvalue weighted by Gasteiger charge is 2.28. The number of aliphatic hydroxyl groups excluding tert-OH is 1. The zero-order valence-electron chi connectivity index (χ0n) is 26.8. The molecule has 0 unspecified atom stereocenters. The fraction of sp³-hybridized carbons (Fsp3) is 0.382. The van der Waals surface area contributed by atoms with Gasteiger partial charge in [0, 0.05) is 37.4 Å². The lowest BCUT2D eigenvalue weighted by atomic mass is 10.00. The first-order valence-corrected chi connectivity index (χ1v) is 17.1. The van der Waals surface area contributed by atoms with E-state index < -0.39 is 40.0 Å². The monoisotopic (exact) mass is 666 g/mol. The van der Waals surface area contributed by atoms with Crippen LogP contribution in [0.5, 0.6) is 0 Å². The number of anilines is 2. The van der Waals surface area contributed by atoms with Crippen molar-refractivity contribution >= 4 is 39.2 Å². The molecule has 1 amide bonds. The minimum atomic E-state index is -3.51. The second-order valence-electron chi connectivity index (χ2n) is 11.3. The number of sulfonamides is 1. The number of rotatable bonds is 14. The van der Waals surface area contributed by atoms with Gasteiger partial charge in [0.25, 0.3) is 5.91 Å². The Morgan fingerprint density at radius 1 is 0.894 bits per heavy atom. The Morgan fingerprint density at radius 3 is 2.19 bits per heavy atom. The number of methoxy groups -OCH3 is 2. The van der Waals surface area contributed by atoms with Gasteiger partial charge in [-0.15, -0.1) is 0 Å². The van der Waals surface area contributed by atoms with Crippen LogP contribution in [0.2, 0.25) is 0 Å². The van der Waals surface area contributed by atoms with Crippen LogP contribution in [0, 0.1) is 0 Å². The number of nitrogens with zero attached hydrogens (tertiary/aromatic N) is 1. The van der Waals surface area contributed by atoms with Crippen LogP contribution in [-0.4, -0.2) is 83.1 Å². The van der Waals surface area contributed by atoms with Crippen molar-refractivity contribution in [1.29, 1.82) is 0 Å². The van der Waals surface area contributed by atoms with Crippen LogP contribution in [0.1, 0.15) is 62.0 Å². The molecule has 4 rings (SSSR count). The summed E-state index contributed by atoms with van der Waals surface area (Å²) in [5.74, 6) is -1.63. The molecule has 2 atom stereocenters. The fourth-order valence-corrected chi connectivity index (χ4v) is 7.07. The summed E-state index contributed by atoms with van der Waals surface area (Å²) >= 11 is 0. The Bertz CT molecular complexity index is 1630. The normalized spacial score (nSPS) is 15.3. The highest BCUT2D eigenvalue weighted by molar-refractivity contribution is 7.92. The first-order valence-electron chi connectivity index (χ1n) is 15.5. The van der Waals surface area contributed by atoms with Crippen LogP contribution in [0.15, 0.2) is 66.7 Å². The maximum absolute atomic E-state index is 13.7. The molecule has 0 bridgehead atoms. The van der Waals surface area contributed by atoms with E-state index in [9.17, 15) is 27.9 Å². The van der Waals surface area contributed by atoms with Gasteiger partial charge >= 0.3 is 11.9 Å². The molecule has 4 N–H and O–H groups in total. The number of amides is 1. The van der Waals surface area contributed by atoms with E-state index in [1.54, 1.807) is 30.3 Å².